The van der Waals surface area contributed by atoms with Crippen LogP contribution < -0.4 is 9.80 Å². The van der Waals surface area contributed by atoms with Crippen molar-refractivity contribution in [1.82, 2.24) is 0 Å². The molecule has 2 nitrogen and oxygen atoms in total. The fourth-order valence-corrected chi connectivity index (χ4v) is 4.60. The van der Waals surface area contributed by atoms with Gasteiger partial charge in [0.05, 0.1) is 6.67 Å². The Hall–Kier alpha value is -2.22. The zero-order chi connectivity index (χ0) is 21.0. The maximum Gasteiger partial charge on any atom is 0.0989 e. The molecule has 0 atom stereocenters. The lowest BCUT2D eigenvalue weighted by Crippen LogP contribution is -2.27. The fourth-order valence-electron chi connectivity index (χ4n) is 4.60. The third-order valence-corrected chi connectivity index (χ3v) is 6.30. The molecule has 0 fully saturated rings. The maximum absolute atomic E-state index is 2.46. The summed E-state index contributed by atoms with van der Waals surface area (Å²) in [6.07, 6.45) is 11.1. The van der Waals surface area contributed by atoms with Crippen molar-refractivity contribution in [2.24, 2.45) is 0 Å². The first-order valence-electron chi connectivity index (χ1n) is 11.6. The Kier molecular flexibility index (Phi) is 7.05. The lowest BCUT2D eigenvalue weighted by Gasteiger charge is -2.29. The maximum atomic E-state index is 2.46. The van der Waals surface area contributed by atoms with E-state index >= 15 is 0 Å². The lowest BCUT2D eigenvalue weighted by atomic mass is 9.97. The molecule has 2 aromatic carbocycles. The van der Waals surface area contributed by atoms with Gasteiger partial charge in [0, 0.05) is 23.8 Å². The number of benzene rings is 2. The molecule has 0 saturated heterocycles. The van der Waals surface area contributed by atoms with Crippen LogP contribution in [0.2, 0.25) is 0 Å². The standard InChI is InChI=1S/C27H38N2/c1-7-20-15-22(9-3)26(23(10-4)16-20)28-13-14-29(19-28)27-24(11-5)17-21(8-2)18-25(27)12-6/h13-18H,7-12,19H2,1-6H3. The van der Waals surface area contributed by atoms with Gasteiger partial charge in [0.25, 0.3) is 0 Å². The smallest absolute Gasteiger partial charge is 0.0989 e. The molecule has 0 bridgehead atoms. The van der Waals surface area contributed by atoms with E-state index < -0.39 is 0 Å². The molecule has 2 aromatic rings. The van der Waals surface area contributed by atoms with Crippen LogP contribution in [0, 0.1) is 0 Å². The normalized spacial score (nSPS) is 13.6. The summed E-state index contributed by atoms with van der Waals surface area (Å²) in [6, 6.07) is 9.65. The van der Waals surface area contributed by atoms with Gasteiger partial charge in [-0.05, 0) is 71.9 Å². The number of hydrogen-bond donors (Lipinski definition) is 0. The molecular weight excluding hydrogens is 352 g/mol. The molecule has 0 radical (unpaired) electrons. The summed E-state index contributed by atoms with van der Waals surface area (Å²) >= 11 is 0. The van der Waals surface area contributed by atoms with E-state index in [-0.39, 0.29) is 0 Å². The Balaban J connectivity index is 1.99. The predicted octanol–water partition coefficient (Wildman–Crippen LogP) is 6.82. The first-order chi connectivity index (χ1) is 14.1. The molecule has 29 heavy (non-hydrogen) atoms. The van der Waals surface area contributed by atoms with Gasteiger partial charge < -0.3 is 9.80 Å². The van der Waals surface area contributed by atoms with Crippen LogP contribution in [0.25, 0.3) is 0 Å². The van der Waals surface area contributed by atoms with Crippen molar-refractivity contribution in [2.45, 2.75) is 80.1 Å². The van der Waals surface area contributed by atoms with Crippen molar-refractivity contribution < 1.29 is 0 Å². The van der Waals surface area contributed by atoms with Gasteiger partial charge in [-0.15, -0.1) is 0 Å². The molecular formula is C27H38N2. The molecule has 0 N–H and O–H groups in total. The largest absolute Gasteiger partial charge is 0.328 e. The van der Waals surface area contributed by atoms with Crippen molar-refractivity contribution in [3.8, 4) is 0 Å². The van der Waals surface area contributed by atoms with Gasteiger partial charge in [0.2, 0.25) is 0 Å². The van der Waals surface area contributed by atoms with Crippen LogP contribution in [-0.2, 0) is 38.5 Å². The van der Waals surface area contributed by atoms with Crippen LogP contribution in [0.1, 0.15) is 74.9 Å². The van der Waals surface area contributed by atoms with Gasteiger partial charge in [0.1, 0.15) is 0 Å². The molecule has 1 aliphatic rings. The summed E-state index contributed by atoms with van der Waals surface area (Å²) in [5, 5.41) is 0. The second kappa shape index (κ2) is 9.52. The van der Waals surface area contributed by atoms with Gasteiger partial charge in [-0.3, -0.25) is 0 Å². The highest BCUT2D eigenvalue weighted by Crippen LogP contribution is 2.35. The molecule has 156 valence electrons. The van der Waals surface area contributed by atoms with Gasteiger partial charge in [-0.1, -0.05) is 65.8 Å². The zero-order valence-electron chi connectivity index (χ0n) is 19.3. The Morgan fingerprint density at radius 1 is 0.517 bits per heavy atom. The van der Waals surface area contributed by atoms with Gasteiger partial charge in [-0.2, -0.15) is 0 Å². The van der Waals surface area contributed by atoms with Crippen LogP contribution in [-0.4, -0.2) is 6.67 Å². The first-order valence-corrected chi connectivity index (χ1v) is 11.6. The Morgan fingerprint density at radius 3 is 1.07 bits per heavy atom. The zero-order valence-corrected chi connectivity index (χ0v) is 19.3. The van der Waals surface area contributed by atoms with Crippen LogP contribution in [0.5, 0.6) is 0 Å². The van der Waals surface area contributed by atoms with Gasteiger partial charge in [-0.25, -0.2) is 0 Å². The monoisotopic (exact) mass is 390 g/mol. The minimum atomic E-state index is 0.900. The summed E-state index contributed by atoms with van der Waals surface area (Å²) in [7, 11) is 0. The summed E-state index contributed by atoms with van der Waals surface area (Å²) in [5.74, 6) is 0. The Morgan fingerprint density at radius 2 is 0.828 bits per heavy atom. The second-order valence-electron chi connectivity index (χ2n) is 8.03. The van der Waals surface area contributed by atoms with E-state index in [0.29, 0.717) is 0 Å². The minimum absolute atomic E-state index is 0.900. The van der Waals surface area contributed by atoms with Crippen molar-refractivity contribution in [3.63, 3.8) is 0 Å². The number of nitrogens with zero attached hydrogens (tertiary/aromatic N) is 2. The molecule has 1 heterocycles. The van der Waals surface area contributed by atoms with Crippen molar-refractivity contribution in [2.75, 3.05) is 16.5 Å². The number of hydrogen-bond acceptors (Lipinski definition) is 2. The number of aryl methyl sites for hydroxylation is 6. The molecule has 0 aliphatic carbocycles. The third-order valence-electron chi connectivity index (χ3n) is 6.30. The summed E-state index contributed by atoms with van der Waals surface area (Å²) in [5.41, 5.74) is 11.7. The Bertz CT molecular complexity index is 757. The van der Waals surface area contributed by atoms with E-state index in [0.717, 1.165) is 45.2 Å². The van der Waals surface area contributed by atoms with E-state index in [1.165, 1.54) is 44.8 Å². The van der Waals surface area contributed by atoms with Crippen molar-refractivity contribution >= 4 is 11.4 Å². The molecule has 1 aliphatic heterocycles. The van der Waals surface area contributed by atoms with Crippen LogP contribution in [0.15, 0.2) is 36.7 Å². The Labute approximate surface area is 178 Å². The quantitative estimate of drug-likeness (QED) is 0.488. The second-order valence-corrected chi connectivity index (χ2v) is 8.03. The van der Waals surface area contributed by atoms with Gasteiger partial charge >= 0.3 is 0 Å². The SMILES string of the molecule is CCc1cc(CC)c(N2C=CN(c3c(CC)cc(CC)cc3CC)C2)c(CC)c1. The van der Waals surface area contributed by atoms with Crippen molar-refractivity contribution in [1.29, 1.82) is 0 Å². The van der Waals surface area contributed by atoms with Crippen LogP contribution in [0.3, 0.4) is 0 Å². The van der Waals surface area contributed by atoms with Crippen LogP contribution in [0.4, 0.5) is 11.4 Å². The average molecular weight is 391 g/mol. The molecule has 2 heteroatoms. The fraction of sp³-hybridized carbons (Fsp3) is 0.481. The topological polar surface area (TPSA) is 6.48 Å². The molecule has 0 spiro atoms. The van der Waals surface area contributed by atoms with E-state index in [1.54, 1.807) is 0 Å². The van der Waals surface area contributed by atoms with E-state index in [1.807, 2.05) is 0 Å². The van der Waals surface area contributed by atoms with E-state index in [4.69, 9.17) is 0 Å². The molecule has 0 saturated carbocycles. The predicted molar refractivity (Wildman–Crippen MR) is 128 cm³/mol. The number of anilines is 2. The highest BCUT2D eigenvalue weighted by atomic mass is 15.3. The molecule has 3 rings (SSSR count). The molecule has 0 amide bonds. The van der Waals surface area contributed by atoms with Gasteiger partial charge in [0.15, 0.2) is 0 Å². The summed E-state index contributed by atoms with van der Waals surface area (Å²) in [6.45, 7) is 14.5. The van der Waals surface area contributed by atoms with E-state index in [9.17, 15) is 0 Å². The highest BCUT2D eigenvalue weighted by molar-refractivity contribution is 5.70. The average Bonchev–Trinajstić information content (AvgIpc) is 3.25. The minimum Gasteiger partial charge on any atom is -0.328 e. The van der Waals surface area contributed by atoms with Crippen molar-refractivity contribution in [3.05, 3.63) is 70.0 Å². The molecule has 0 unspecified atom stereocenters. The lowest BCUT2D eigenvalue weighted by molar-refractivity contribution is 0.916. The first kappa shape index (κ1) is 21.5. The summed E-state index contributed by atoms with van der Waals surface area (Å²) < 4.78 is 0. The number of rotatable bonds is 8. The highest BCUT2D eigenvalue weighted by Gasteiger charge is 2.23. The van der Waals surface area contributed by atoms with E-state index in [2.05, 4.69) is 88.0 Å². The summed E-state index contributed by atoms with van der Waals surface area (Å²) in [4.78, 5) is 4.92. The third kappa shape index (κ3) is 4.22. The molecule has 0 aromatic heterocycles. The van der Waals surface area contributed by atoms with Crippen LogP contribution >= 0.6 is 0 Å².